The third-order valence-electron chi connectivity index (χ3n) is 2.97. The van der Waals surface area contributed by atoms with Gasteiger partial charge in [-0.1, -0.05) is 42.5 Å². The predicted molar refractivity (Wildman–Crippen MR) is 85.8 cm³/mol. The first-order valence-electron chi connectivity index (χ1n) is 6.94. The highest BCUT2D eigenvalue weighted by molar-refractivity contribution is 5.93. The molecule has 0 aliphatic carbocycles. The number of esters is 1. The minimum absolute atomic E-state index is 0.0630. The average molecular weight is 292 g/mol. The van der Waals surface area contributed by atoms with Gasteiger partial charge in [-0.2, -0.15) is 5.26 Å². The Hall–Kier alpha value is -3.06. The van der Waals surface area contributed by atoms with Crippen molar-refractivity contribution in [3.05, 3.63) is 66.4 Å². The molecule has 0 aromatic heterocycles. The van der Waals surface area contributed by atoms with Gasteiger partial charge in [-0.3, -0.25) is 0 Å². The Morgan fingerprint density at radius 2 is 1.91 bits per heavy atom. The Morgan fingerprint density at radius 1 is 1.18 bits per heavy atom. The van der Waals surface area contributed by atoms with E-state index in [1.54, 1.807) is 6.92 Å². The fourth-order valence-electron chi connectivity index (χ4n) is 1.92. The van der Waals surface area contributed by atoms with Crippen molar-refractivity contribution in [2.75, 3.05) is 11.9 Å². The lowest BCUT2D eigenvalue weighted by Gasteiger charge is -2.06. The van der Waals surface area contributed by atoms with Crippen LogP contribution in [0.3, 0.4) is 0 Å². The van der Waals surface area contributed by atoms with Crippen LogP contribution in [0.25, 0.3) is 11.1 Å². The van der Waals surface area contributed by atoms with Crippen molar-refractivity contribution in [1.82, 2.24) is 0 Å². The number of hydrogen-bond donors (Lipinski definition) is 1. The zero-order valence-corrected chi connectivity index (χ0v) is 12.2. The minimum Gasteiger partial charge on any atom is -0.462 e. The van der Waals surface area contributed by atoms with E-state index in [1.165, 1.54) is 6.20 Å². The zero-order chi connectivity index (χ0) is 15.8. The largest absolute Gasteiger partial charge is 0.462 e. The first-order valence-corrected chi connectivity index (χ1v) is 6.94. The second-order valence-corrected chi connectivity index (χ2v) is 4.48. The van der Waals surface area contributed by atoms with Gasteiger partial charge in [-0.05, 0) is 30.2 Å². The van der Waals surface area contributed by atoms with Gasteiger partial charge >= 0.3 is 5.97 Å². The van der Waals surface area contributed by atoms with E-state index in [-0.39, 0.29) is 12.2 Å². The van der Waals surface area contributed by atoms with Crippen molar-refractivity contribution in [3.8, 4) is 17.2 Å². The number of anilines is 1. The van der Waals surface area contributed by atoms with Gasteiger partial charge in [0.15, 0.2) is 5.57 Å². The molecule has 1 N–H and O–H groups in total. The van der Waals surface area contributed by atoms with Gasteiger partial charge in [0, 0.05) is 11.9 Å². The van der Waals surface area contributed by atoms with Gasteiger partial charge in [0.1, 0.15) is 6.07 Å². The fraction of sp³-hybridized carbons (Fsp3) is 0.111. The van der Waals surface area contributed by atoms with E-state index in [1.807, 2.05) is 60.7 Å². The first kappa shape index (κ1) is 15.3. The minimum atomic E-state index is -0.628. The van der Waals surface area contributed by atoms with Gasteiger partial charge < -0.3 is 10.1 Å². The Kier molecular flexibility index (Phi) is 5.33. The summed E-state index contributed by atoms with van der Waals surface area (Å²) in [5, 5.41) is 11.9. The summed E-state index contributed by atoms with van der Waals surface area (Å²) in [5.41, 5.74) is 2.88. The Bertz CT molecular complexity index is 715. The van der Waals surface area contributed by atoms with Crippen LogP contribution in [0.1, 0.15) is 6.92 Å². The molecular weight excluding hydrogens is 276 g/mol. The summed E-state index contributed by atoms with van der Waals surface area (Å²) in [4.78, 5) is 11.5. The summed E-state index contributed by atoms with van der Waals surface area (Å²) in [6, 6.07) is 19.5. The molecule has 2 aromatic carbocycles. The number of nitrogens with one attached hydrogen (secondary N) is 1. The Morgan fingerprint density at radius 3 is 2.59 bits per heavy atom. The second kappa shape index (κ2) is 7.65. The van der Waals surface area contributed by atoms with Crippen LogP contribution in [-0.2, 0) is 9.53 Å². The number of hydrogen-bond acceptors (Lipinski definition) is 4. The molecule has 0 radical (unpaired) electrons. The third kappa shape index (κ3) is 3.97. The molecule has 0 heterocycles. The molecule has 0 unspecified atom stereocenters. The van der Waals surface area contributed by atoms with E-state index < -0.39 is 5.97 Å². The maximum Gasteiger partial charge on any atom is 0.350 e. The van der Waals surface area contributed by atoms with Gasteiger partial charge in [0.05, 0.1) is 6.61 Å². The first-order chi connectivity index (χ1) is 10.7. The summed E-state index contributed by atoms with van der Waals surface area (Å²) in [6.45, 7) is 1.94. The molecule has 0 amide bonds. The zero-order valence-electron chi connectivity index (χ0n) is 12.2. The molecule has 0 aliphatic heterocycles. The number of rotatable bonds is 5. The fourth-order valence-corrected chi connectivity index (χ4v) is 1.92. The number of benzene rings is 2. The molecular formula is C18H16N2O2. The molecule has 2 aromatic rings. The SMILES string of the molecule is CCOC(=O)/C(C#N)=C\Nc1cccc(-c2ccccc2)c1. The van der Waals surface area contributed by atoms with Gasteiger partial charge in [-0.15, -0.1) is 0 Å². The summed E-state index contributed by atoms with van der Waals surface area (Å²) in [5.74, 6) is -0.628. The van der Waals surface area contributed by atoms with E-state index in [0.29, 0.717) is 0 Å². The van der Waals surface area contributed by atoms with Gasteiger partial charge in [0.2, 0.25) is 0 Å². The molecule has 4 nitrogen and oxygen atoms in total. The summed E-state index contributed by atoms with van der Waals surface area (Å²) in [7, 11) is 0. The molecule has 0 atom stereocenters. The molecule has 2 rings (SSSR count). The molecule has 110 valence electrons. The average Bonchev–Trinajstić information content (AvgIpc) is 2.57. The predicted octanol–water partition coefficient (Wildman–Crippen LogP) is 3.74. The van der Waals surface area contributed by atoms with Crippen molar-refractivity contribution in [2.45, 2.75) is 6.92 Å². The highest BCUT2D eigenvalue weighted by atomic mass is 16.5. The molecule has 0 fully saturated rings. The smallest absolute Gasteiger partial charge is 0.350 e. The van der Waals surface area contributed by atoms with E-state index in [2.05, 4.69) is 5.32 Å². The lowest BCUT2D eigenvalue weighted by molar-refractivity contribution is -0.138. The lowest BCUT2D eigenvalue weighted by atomic mass is 10.1. The van der Waals surface area contributed by atoms with Crippen LogP contribution >= 0.6 is 0 Å². The maximum absolute atomic E-state index is 11.5. The van der Waals surface area contributed by atoms with Gasteiger partial charge in [-0.25, -0.2) is 4.79 Å². The number of carbonyl (C=O) groups is 1. The number of carbonyl (C=O) groups excluding carboxylic acids is 1. The Labute approximate surface area is 129 Å². The topological polar surface area (TPSA) is 62.1 Å². The van der Waals surface area contributed by atoms with Crippen LogP contribution in [0.4, 0.5) is 5.69 Å². The van der Waals surface area contributed by atoms with Crippen molar-refractivity contribution >= 4 is 11.7 Å². The number of ether oxygens (including phenoxy) is 1. The van der Waals surface area contributed by atoms with Crippen LogP contribution in [0.15, 0.2) is 66.4 Å². The lowest BCUT2D eigenvalue weighted by Crippen LogP contribution is -2.07. The molecule has 0 saturated heterocycles. The normalized spacial score (nSPS) is 10.6. The second-order valence-electron chi connectivity index (χ2n) is 4.48. The quantitative estimate of drug-likeness (QED) is 0.518. The van der Waals surface area contributed by atoms with Crippen molar-refractivity contribution in [1.29, 1.82) is 5.26 Å². The molecule has 4 heteroatoms. The monoisotopic (exact) mass is 292 g/mol. The molecule has 22 heavy (non-hydrogen) atoms. The molecule has 0 bridgehead atoms. The van der Waals surface area contributed by atoms with E-state index >= 15 is 0 Å². The number of nitrogens with zero attached hydrogens (tertiary/aromatic N) is 1. The maximum atomic E-state index is 11.5. The van der Waals surface area contributed by atoms with Crippen LogP contribution in [0.5, 0.6) is 0 Å². The summed E-state index contributed by atoms with van der Waals surface area (Å²) in [6.07, 6.45) is 1.36. The summed E-state index contributed by atoms with van der Waals surface area (Å²) < 4.78 is 4.81. The molecule has 0 spiro atoms. The van der Waals surface area contributed by atoms with Crippen LogP contribution in [0, 0.1) is 11.3 Å². The summed E-state index contributed by atoms with van der Waals surface area (Å²) >= 11 is 0. The highest BCUT2D eigenvalue weighted by Crippen LogP contribution is 2.22. The highest BCUT2D eigenvalue weighted by Gasteiger charge is 2.09. The van der Waals surface area contributed by atoms with Crippen molar-refractivity contribution in [2.24, 2.45) is 0 Å². The van der Waals surface area contributed by atoms with Crippen molar-refractivity contribution in [3.63, 3.8) is 0 Å². The van der Waals surface area contributed by atoms with E-state index in [0.717, 1.165) is 16.8 Å². The van der Waals surface area contributed by atoms with Crippen LogP contribution in [0.2, 0.25) is 0 Å². The van der Waals surface area contributed by atoms with E-state index in [4.69, 9.17) is 10.00 Å². The molecule has 0 aliphatic rings. The standard InChI is InChI=1S/C18H16N2O2/c1-2-22-18(21)16(12-19)13-20-17-10-6-9-15(11-17)14-7-4-3-5-8-14/h3-11,13,20H,2H2,1H3/b16-13-. The van der Waals surface area contributed by atoms with Crippen LogP contribution in [-0.4, -0.2) is 12.6 Å². The van der Waals surface area contributed by atoms with Crippen molar-refractivity contribution < 1.29 is 9.53 Å². The number of nitriles is 1. The van der Waals surface area contributed by atoms with Crippen LogP contribution < -0.4 is 5.32 Å². The van der Waals surface area contributed by atoms with Gasteiger partial charge in [0.25, 0.3) is 0 Å². The third-order valence-corrected chi connectivity index (χ3v) is 2.97. The van der Waals surface area contributed by atoms with E-state index in [9.17, 15) is 4.79 Å². The Balaban J connectivity index is 2.17. The molecule has 0 saturated carbocycles.